The minimum Gasteiger partial charge on any atom is -0.378 e. The third kappa shape index (κ3) is 3.10. The second-order valence-corrected chi connectivity index (χ2v) is 6.16. The molecule has 0 saturated carbocycles. The number of anilines is 3. The van der Waals surface area contributed by atoms with Crippen LogP contribution < -0.4 is 10.2 Å². The van der Waals surface area contributed by atoms with Crippen LogP contribution in [0.5, 0.6) is 0 Å². The van der Waals surface area contributed by atoms with Gasteiger partial charge in [-0.2, -0.15) is 0 Å². The van der Waals surface area contributed by atoms with Crippen molar-refractivity contribution in [2.24, 2.45) is 0 Å². The van der Waals surface area contributed by atoms with Gasteiger partial charge in [0.2, 0.25) is 0 Å². The Morgan fingerprint density at radius 1 is 1.00 bits per heavy atom. The number of hydrogen-bond acceptors (Lipinski definition) is 4. The van der Waals surface area contributed by atoms with Crippen molar-refractivity contribution in [2.45, 2.75) is 6.92 Å². The molecule has 0 aliphatic rings. The Balaban J connectivity index is 0.00000182. The number of benzene rings is 2. The van der Waals surface area contributed by atoms with E-state index in [-0.39, 0.29) is 12.4 Å². The SMILES string of the molecule is Cc1cc(Nc2ccc(N(C)C)cc2)c2c(ccc3ncnc32)[nH]1.Cl. The fraction of sp³-hybridized carbons (Fsp3) is 0.158. The van der Waals surface area contributed by atoms with E-state index in [1.807, 2.05) is 20.2 Å². The van der Waals surface area contributed by atoms with Gasteiger partial charge in [0, 0.05) is 42.1 Å². The van der Waals surface area contributed by atoms with Crippen LogP contribution >= 0.6 is 12.4 Å². The third-order valence-corrected chi connectivity index (χ3v) is 4.17. The molecule has 0 bridgehead atoms. The normalized spacial score (nSPS) is 10.7. The van der Waals surface area contributed by atoms with E-state index < -0.39 is 0 Å². The van der Waals surface area contributed by atoms with Gasteiger partial charge in [0.15, 0.2) is 0 Å². The van der Waals surface area contributed by atoms with Crippen LogP contribution in [-0.2, 0) is 0 Å². The highest BCUT2D eigenvalue weighted by molar-refractivity contribution is 6.10. The molecule has 0 saturated heterocycles. The highest BCUT2D eigenvalue weighted by Gasteiger charge is 2.10. The number of fused-ring (bicyclic) bond motifs is 3. The van der Waals surface area contributed by atoms with Crippen molar-refractivity contribution in [3.63, 3.8) is 0 Å². The second-order valence-electron chi connectivity index (χ2n) is 6.16. The van der Waals surface area contributed by atoms with Gasteiger partial charge in [0.1, 0.15) is 11.8 Å². The van der Waals surface area contributed by atoms with E-state index in [1.54, 1.807) is 6.33 Å². The Kier molecular flexibility index (Phi) is 4.51. The van der Waals surface area contributed by atoms with Gasteiger partial charge < -0.3 is 15.2 Å². The third-order valence-electron chi connectivity index (χ3n) is 4.17. The minimum absolute atomic E-state index is 0. The van der Waals surface area contributed by atoms with Crippen molar-refractivity contribution in [2.75, 3.05) is 24.3 Å². The number of pyridine rings is 1. The van der Waals surface area contributed by atoms with Crippen molar-refractivity contribution in [3.05, 3.63) is 54.5 Å². The summed E-state index contributed by atoms with van der Waals surface area (Å²) in [5.74, 6) is 0. The molecule has 0 amide bonds. The lowest BCUT2D eigenvalue weighted by Gasteiger charge is -2.15. The lowest BCUT2D eigenvalue weighted by molar-refractivity contribution is 1.13. The Labute approximate surface area is 152 Å². The van der Waals surface area contributed by atoms with Gasteiger partial charge >= 0.3 is 0 Å². The molecule has 6 heteroatoms. The predicted molar refractivity (Wildman–Crippen MR) is 107 cm³/mol. The minimum atomic E-state index is 0. The van der Waals surface area contributed by atoms with Crippen LogP contribution in [0, 0.1) is 6.92 Å². The Hall–Kier alpha value is -2.79. The summed E-state index contributed by atoms with van der Waals surface area (Å²) in [5, 5.41) is 4.59. The topological polar surface area (TPSA) is 56.8 Å². The highest BCUT2D eigenvalue weighted by atomic mass is 35.5. The van der Waals surface area contributed by atoms with Gasteiger partial charge in [0.05, 0.1) is 11.2 Å². The number of halogens is 1. The molecule has 2 N–H and O–H groups in total. The Morgan fingerprint density at radius 3 is 2.48 bits per heavy atom. The van der Waals surface area contributed by atoms with Gasteiger partial charge in [-0.15, -0.1) is 12.4 Å². The number of nitrogens with zero attached hydrogens (tertiary/aromatic N) is 3. The molecule has 0 fully saturated rings. The summed E-state index contributed by atoms with van der Waals surface area (Å²) in [6.07, 6.45) is 1.61. The van der Waals surface area contributed by atoms with E-state index in [0.29, 0.717) is 0 Å². The number of hydrogen-bond donors (Lipinski definition) is 2. The average Bonchev–Trinajstić information content (AvgIpc) is 3.03. The molecule has 25 heavy (non-hydrogen) atoms. The van der Waals surface area contributed by atoms with Crippen molar-refractivity contribution in [3.8, 4) is 0 Å². The zero-order chi connectivity index (χ0) is 16.7. The number of aromatic amines is 1. The van der Waals surface area contributed by atoms with Crippen molar-refractivity contribution in [1.29, 1.82) is 0 Å². The predicted octanol–water partition coefficient (Wildman–Crippen LogP) is 4.65. The van der Waals surface area contributed by atoms with Crippen LogP contribution in [0.25, 0.3) is 21.9 Å². The van der Waals surface area contributed by atoms with E-state index in [1.165, 1.54) is 5.69 Å². The highest BCUT2D eigenvalue weighted by Crippen LogP contribution is 2.31. The van der Waals surface area contributed by atoms with E-state index in [9.17, 15) is 0 Å². The monoisotopic (exact) mass is 353 g/mol. The van der Waals surface area contributed by atoms with Gasteiger partial charge in [-0.05, 0) is 49.4 Å². The zero-order valence-electron chi connectivity index (χ0n) is 14.4. The summed E-state index contributed by atoms with van der Waals surface area (Å²) in [7, 11) is 4.08. The largest absolute Gasteiger partial charge is 0.378 e. The molecule has 0 aliphatic heterocycles. The van der Waals surface area contributed by atoms with E-state index in [4.69, 9.17) is 0 Å². The zero-order valence-corrected chi connectivity index (χ0v) is 15.2. The Bertz CT molecular complexity index is 1020. The first kappa shape index (κ1) is 17.0. The van der Waals surface area contributed by atoms with Gasteiger partial charge in [-0.3, -0.25) is 0 Å². The molecule has 2 aromatic carbocycles. The number of nitrogens with one attached hydrogen (secondary N) is 2. The molecule has 4 rings (SSSR count). The Morgan fingerprint density at radius 2 is 1.76 bits per heavy atom. The molecule has 0 radical (unpaired) electrons. The molecule has 4 aromatic rings. The molecular weight excluding hydrogens is 334 g/mol. The summed E-state index contributed by atoms with van der Waals surface area (Å²) in [5.41, 5.74) is 7.22. The number of rotatable bonds is 3. The molecule has 0 unspecified atom stereocenters. The maximum Gasteiger partial charge on any atom is 0.116 e. The van der Waals surface area contributed by atoms with Gasteiger partial charge in [-0.1, -0.05) is 0 Å². The van der Waals surface area contributed by atoms with Crippen molar-refractivity contribution in [1.82, 2.24) is 15.0 Å². The van der Waals surface area contributed by atoms with Crippen molar-refractivity contribution < 1.29 is 0 Å². The summed E-state index contributed by atoms with van der Waals surface area (Å²) < 4.78 is 0. The summed E-state index contributed by atoms with van der Waals surface area (Å²) >= 11 is 0. The molecular formula is C19H20ClN5. The lowest BCUT2D eigenvalue weighted by atomic mass is 10.1. The molecule has 128 valence electrons. The van der Waals surface area contributed by atoms with Crippen LogP contribution in [0.1, 0.15) is 5.69 Å². The van der Waals surface area contributed by atoms with Gasteiger partial charge in [0.25, 0.3) is 0 Å². The molecule has 5 nitrogen and oxygen atoms in total. The van der Waals surface area contributed by atoms with Gasteiger partial charge in [-0.25, -0.2) is 9.97 Å². The summed E-state index contributed by atoms with van der Waals surface area (Å²) in [6, 6.07) is 14.5. The molecule has 0 spiro atoms. The lowest BCUT2D eigenvalue weighted by Crippen LogP contribution is -2.08. The first-order valence-corrected chi connectivity index (χ1v) is 7.89. The number of imidazole rings is 1. The number of aromatic nitrogens is 3. The molecule has 0 atom stereocenters. The van der Waals surface area contributed by atoms with Crippen LogP contribution in [0.3, 0.4) is 0 Å². The fourth-order valence-corrected chi connectivity index (χ4v) is 2.97. The molecule has 2 heterocycles. The summed E-state index contributed by atoms with van der Waals surface area (Å²) in [4.78, 5) is 14.2. The fourth-order valence-electron chi connectivity index (χ4n) is 2.97. The molecule has 0 aliphatic carbocycles. The second kappa shape index (κ2) is 6.61. The van der Waals surface area contributed by atoms with E-state index in [2.05, 4.69) is 68.5 Å². The standard InChI is InChI=1S/C19H19N5.ClH/c1-12-10-17(23-13-4-6-14(7-5-13)24(2)3)18-15(22-12)8-9-16-19(18)21-11-20-16;/h4-11,22-23H,1-3H3;1H. The van der Waals surface area contributed by atoms with Crippen LogP contribution in [-0.4, -0.2) is 29.0 Å². The number of aryl methyl sites for hydroxylation is 1. The van der Waals surface area contributed by atoms with Crippen LogP contribution in [0.2, 0.25) is 0 Å². The first-order chi connectivity index (χ1) is 11.6. The quantitative estimate of drug-likeness (QED) is 0.563. The molecule has 2 aromatic heterocycles. The maximum absolute atomic E-state index is 4.44. The number of H-pyrrole nitrogens is 1. The smallest absolute Gasteiger partial charge is 0.116 e. The average molecular weight is 354 g/mol. The van der Waals surface area contributed by atoms with Crippen molar-refractivity contribution >= 4 is 51.4 Å². The van der Waals surface area contributed by atoms with E-state index >= 15 is 0 Å². The van der Waals surface area contributed by atoms with Crippen LogP contribution in [0.15, 0.2) is 48.8 Å². The maximum atomic E-state index is 4.44. The summed E-state index contributed by atoms with van der Waals surface area (Å²) in [6.45, 7) is 2.06. The van der Waals surface area contributed by atoms with Crippen LogP contribution in [0.4, 0.5) is 17.1 Å². The first-order valence-electron chi connectivity index (χ1n) is 7.89. The van der Waals surface area contributed by atoms with E-state index in [0.717, 1.165) is 39.0 Å².